The molecule has 1 aliphatic heterocycles. The van der Waals surface area contributed by atoms with Crippen LogP contribution in [0.2, 0.25) is 0 Å². The first-order chi connectivity index (χ1) is 14.6. The van der Waals surface area contributed by atoms with Crippen LogP contribution in [0.25, 0.3) is 0 Å². The number of benzene rings is 2. The number of amides is 2. The van der Waals surface area contributed by atoms with Crippen molar-refractivity contribution in [1.82, 2.24) is 5.32 Å². The third kappa shape index (κ3) is 4.14. The van der Waals surface area contributed by atoms with Gasteiger partial charge in [-0.05, 0) is 80.6 Å². The van der Waals surface area contributed by atoms with E-state index in [0.717, 1.165) is 18.2 Å². The van der Waals surface area contributed by atoms with Crippen LogP contribution in [0.1, 0.15) is 54.4 Å². The summed E-state index contributed by atoms with van der Waals surface area (Å²) in [7, 11) is 0. The Bertz CT molecular complexity index is 993. The lowest BCUT2D eigenvalue weighted by atomic mass is 10.1. The summed E-state index contributed by atoms with van der Waals surface area (Å²) in [4.78, 5) is 24.5. The van der Waals surface area contributed by atoms with Gasteiger partial charge in [-0.25, -0.2) is 5.01 Å². The second-order valence-electron chi connectivity index (χ2n) is 8.64. The van der Waals surface area contributed by atoms with Gasteiger partial charge in [-0.15, -0.1) is 0 Å². The number of hydrazone groups is 1. The fourth-order valence-electron chi connectivity index (χ4n) is 3.96. The summed E-state index contributed by atoms with van der Waals surface area (Å²) >= 11 is 0. The predicted molar refractivity (Wildman–Crippen MR) is 118 cm³/mol. The molecular weight excluding hydrogens is 376 g/mol. The van der Waals surface area contributed by atoms with E-state index in [9.17, 15) is 9.59 Å². The Labute approximate surface area is 176 Å². The van der Waals surface area contributed by atoms with Gasteiger partial charge >= 0.3 is 0 Å². The van der Waals surface area contributed by atoms with Crippen LogP contribution >= 0.6 is 0 Å². The first-order valence-corrected chi connectivity index (χ1v) is 10.7. The summed E-state index contributed by atoms with van der Waals surface area (Å²) in [6.45, 7) is 2.99. The van der Waals surface area contributed by atoms with Gasteiger partial charge in [0.2, 0.25) is 0 Å². The zero-order valence-electron chi connectivity index (χ0n) is 17.1. The van der Waals surface area contributed by atoms with Gasteiger partial charge in [-0.3, -0.25) is 9.59 Å². The molecule has 0 bridgehead atoms. The fraction of sp³-hybridized carbons (Fsp3) is 0.375. The average Bonchev–Trinajstić information content (AvgIpc) is 3.66. The van der Waals surface area contributed by atoms with Crippen LogP contribution < -0.4 is 15.6 Å². The van der Waals surface area contributed by atoms with Crippen LogP contribution in [-0.2, 0) is 4.79 Å². The minimum atomic E-state index is -0.139. The van der Waals surface area contributed by atoms with E-state index in [0.29, 0.717) is 35.3 Å². The standard InChI is InChI=1S/C24H26N4O2/c1-15-12-23(29)28(27-15)20-10-8-19(9-11-20)26-24(30)18-6-4-17(5-7-18)21-13-22(21)25-14-16-2-3-16/h4-11,16,21-22,25H,2-3,12-14H2,1H3,(H,26,30)/t21-,22+/m0/s1. The lowest BCUT2D eigenvalue weighted by Crippen LogP contribution is -2.20. The summed E-state index contributed by atoms with van der Waals surface area (Å²) in [5, 5.41) is 12.2. The van der Waals surface area contributed by atoms with Crippen molar-refractivity contribution in [2.75, 3.05) is 16.9 Å². The van der Waals surface area contributed by atoms with Crippen molar-refractivity contribution in [3.63, 3.8) is 0 Å². The minimum absolute atomic E-state index is 0.0370. The van der Waals surface area contributed by atoms with E-state index in [4.69, 9.17) is 0 Å². The molecule has 1 heterocycles. The molecule has 0 radical (unpaired) electrons. The summed E-state index contributed by atoms with van der Waals surface area (Å²) < 4.78 is 0. The maximum atomic E-state index is 12.6. The van der Waals surface area contributed by atoms with Crippen LogP contribution in [0.15, 0.2) is 53.6 Å². The first kappa shape index (κ1) is 19.0. The van der Waals surface area contributed by atoms with Gasteiger partial charge in [0.1, 0.15) is 0 Å². The van der Waals surface area contributed by atoms with Crippen molar-refractivity contribution < 1.29 is 9.59 Å². The highest BCUT2D eigenvalue weighted by molar-refractivity contribution is 6.12. The van der Waals surface area contributed by atoms with Crippen LogP contribution in [0.4, 0.5) is 11.4 Å². The fourth-order valence-corrected chi connectivity index (χ4v) is 3.96. The van der Waals surface area contributed by atoms with Gasteiger partial charge in [0.05, 0.1) is 12.1 Å². The highest BCUT2D eigenvalue weighted by atomic mass is 16.2. The SMILES string of the molecule is CC1=NN(c2ccc(NC(=O)c3ccc([C@@H]4C[C@H]4NCC4CC4)cc3)cc2)C(=O)C1. The smallest absolute Gasteiger partial charge is 0.255 e. The Hall–Kier alpha value is -2.99. The van der Waals surface area contributed by atoms with Crippen molar-refractivity contribution >= 4 is 28.9 Å². The molecule has 6 heteroatoms. The number of carbonyl (C=O) groups excluding carboxylic acids is 2. The number of anilines is 2. The predicted octanol–water partition coefficient (Wildman–Crippen LogP) is 3.91. The van der Waals surface area contributed by atoms with Gasteiger partial charge in [-0.1, -0.05) is 12.1 Å². The van der Waals surface area contributed by atoms with Crippen LogP contribution in [0.5, 0.6) is 0 Å². The molecule has 2 N–H and O–H groups in total. The second kappa shape index (κ2) is 7.69. The molecule has 2 atom stereocenters. The van der Waals surface area contributed by atoms with Crippen molar-refractivity contribution in [3.05, 3.63) is 59.7 Å². The quantitative estimate of drug-likeness (QED) is 0.738. The van der Waals surface area contributed by atoms with Gasteiger partial charge < -0.3 is 10.6 Å². The van der Waals surface area contributed by atoms with Gasteiger partial charge in [0.15, 0.2) is 0 Å². The number of rotatable bonds is 7. The average molecular weight is 402 g/mol. The number of carbonyl (C=O) groups is 2. The van der Waals surface area contributed by atoms with Crippen molar-refractivity contribution in [1.29, 1.82) is 0 Å². The number of hydrogen-bond acceptors (Lipinski definition) is 4. The number of nitrogens with zero attached hydrogens (tertiary/aromatic N) is 2. The molecule has 2 saturated carbocycles. The molecule has 6 nitrogen and oxygen atoms in total. The van der Waals surface area contributed by atoms with E-state index in [-0.39, 0.29) is 11.8 Å². The van der Waals surface area contributed by atoms with Crippen LogP contribution in [-0.4, -0.2) is 30.1 Å². The molecule has 2 fully saturated rings. The second-order valence-corrected chi connectivity index (χ2v) is 8.64. The van der Waals surface area contributed by atoms with Crippen molar-refractivity contribution in [3.8, 4) is 0 Å². The van der Waals surface area contributed by atoms with E-state index in [1.807, 2.05) is 19.1 Å². The minimum Gasteiger partial charge on any atom is -0.322 e. The Kier molecular flexibility index (Phi) is 4.87. The normalized spacial score (nSPS) is 22.8. The molecule has 0 unspecified atom stereocenters. The van der Waals surface area contributed by atoms with Crippen LogP contribution in [0.3, 0.4) is 0 Å². The number of nitrogens with one attached hydrogen (secondary N) is 2. The molecule has 3 aliphatic rings. The molecule has 154 valence electrons. The Balaban J connectivity index is 1.17. The third-order valence-corrected chi connectivity index (χ3v) is 6.04. The van der Waals surface area contributed by atoms with E-state index in [1.54, 1.807) is 24.3 Å². The highest BCUT2D eigenvalue weighted by Gasteiger charge is 2.38. The molecule has 2 aromatic rings. The molecule has 0 saturated heterocycles. The molecule has 5 rings (SSSR count). The van der Waals surface area contributed by atoms with E-state index in [2.05, 4.69) is 27.9 Å². The van der Waals surface area contributed by atoms with E-state index >= 15 is 0 Å². The molecule has 0 aromatic heterocycles. The molecular formula is C24H26N4O2. The molecule has 0 spiro atoms. The maximum absolute atomic E-state index is 12.6. The summed E-state index contributed by atoms with van der Waals surface area (Å²) in [5.74, 6) is 1.30. The number of hydrogen-bond donors (Lipinski definition) is 2. The monoisotopic (exact) mass is 402 g/mol. The van der Waals surface area contributed by atoms with Gasteiger partial charge in [0.25, 0.3) is 11.8 Å². The largest absolute Gasteiger partial charge is 0.322 e. The Morgan fingerprint density at radius 3 is 2.47 bits per heavy atom. The van der Waals surface area contributed by atoms with E-state index < -0.39 is 0 Å². The zero-order valence-corrected chi connectivity index (χ0v) is 17.1. The Morgan fingerprint density at radius 1 is 1.10 bits per heavy atom. The first-order valence-electron chi connectivity index (χ1n) is 10.7. The molecule has 2 aliphatic carbocycles. The highest BCUT2D eigenvalue weighted by Crippen LogP contribution is 2.41. The molecule has 30 heavy (non-hydrogen) atoms. The maximum Gasteiger partial charge on any atom is 0.255 e. The van der Waals surface area contributed by atoms with E-state index in [1.165, 1.54) is 29.8 Å². The topological polar surface area (TPSA) is 73.8 Å². The van der Waals surface area contributed by atoms with Crippen molar-refractivity contribution in [2.45, 2.75) is 44.6 Å². The summed E-state index contributed by atoms with van der Waals surface area (Å²) in [5.41, 5.74) is 4.13. The lowest BCUT2D eigenvalue weighted by Gasteiger charge is -2.12. The summed E-state index contributed by atoms with van der Waals surface area (Å²) in [6.07, 6.45) is 4.29. The van der Waals surface area contributed by atoms with Gasteiger partial charge in [-0.2, -0.15) is 5.10 Å². The Morgan fingerprint density at radius 2 is 1.83 bits per heavy atom. The van der Waals surface area contributed by atoms with Crippen molar-refractivity contribution in [2.24, 2.45) is 11.0 Å². The zero-order chi connectivity index (χ0) is 20.7. The summed E-state index contributed by atoms with van der Waals surface area (Å²) in [6, 6.07) is 15.7. The molecule has 2 aromatic carbocycles. The van der Waals surface area contributed by atoms with Crippen LogP contribution in [0, 0.1) is 5.92 Å². The molecule has 2 amide bonds. The lowest BCUT2D eigenvalue weighted by molar-refractivity contribution is -0.116. The van der Waals surface area contributed by atoms with Gasteiger partial charge in [0, 0.05) is 28.9 Å². The third-order valence-electron chi connectivity index (χ3n) is 6.04.